The van der Waals surface area contributed by atoms with Crippen molar-refractivity contribution >= 4 is 28.6 Å². The minimum atomic E-state index is -1.84. The Hall–Kier alpha value is -4.30. The Balaban J connectivity index is 1.68. The third-order valence-corrected chi connectivity index (χ3v) is 9.74. The number of halogens is 3. The highest BCUT2D eigenvalue weighted by atomic mass is 19.2. The molecule has 2 aliphatic carbocycles. The van der Waals surface area contributed by atoms with Gasteiger partial charge < -0.3 is 10.0 Å². The predicted molar refractivity (Wildman–Crippen MR) is 169 cm³/mol. The first kappa shape index (κ1) is 30.7. The van der Waals surface area contributed by atoms with Crippen molar-refractivity contribution in [3.8, 4) is 0 Å². The SMILES string of the molecule is CC1(C)C2=CC(=[N+]3CCCCCC3)C=CC2=C(c2c(F)c(N=[N+]=[N-])c(F)c(F)c2C(=O)O)c2ccc(N3CCCCCC3)cc21. The number of nitrogens with zero attached hydrogens (tertiary/aromatic N) is 5. The summed E-state index contributed by atoms with van der Waals surface area (Å²) in [5.74, 6) is -6.85. The van der Waals surface area contributed by atoms with Gasteiger partial charge in [-0.25, -0.2) is 22.5 Å². The molecule has 2 saturated heterocycles. The van der Waals surface area contributed by atoms with Crippen LogP contribution in [0.25, 0.3) is 16.0 Å². The summed E-state index contributed by atoms with van der Waals surface area (Å²) in [4.78, 5) is 17.3. The first-order chi connectivity index (χ1) is 21.6. The number of carboxylic acids is 1. The van der Waals surface area contributed by atoms with Crippen molar-refractivity contribution in [1.29, 1.82) is 0 Å². The second-order valence-electron chi connectivity index (χ2n) is 12.8. The van der Waals surface area contributed by atoms with Crippen molar-refractivity contribution in [1.82, 2.24) is 0 Å². The Morgan fingerprint density at radius 3 is 2.27 bits per heavy atom. The second kappa shape index (κ2) is 12.2. The van der Waals surface area contributed by atoms with Gasteiger partial charge in [-0.1, -0.05) is 37.9 Å². The van der Waals surface area contributed by atoms with Gasteiger partial charge in [-0.05, 0) is 71.7 Å². The summed E-state index contributed by atoms with van der Waals surface area (Å²) in [5, 5.41) is 13.2. The highest BCUT2D eigenvalue weighted by molar-refractivity contribution is 6.08. The lowest BCUT2D eigenvalue weighted by Gasteiger charge is -2.40. The maximum Gasteiger partial charge on any atom is 0.339 e. The second-order valence-corrected chi connectivity index (χ2v) is 12.8. The summed E-state index contributed by atoms with van der Waals surface area (Å²) in [5.41, 5.74) is 10.3. The standard InChI is InChI=1S/C35H36F3N5O2/c1-35(2)25-19-21(42-15-7-3-4-8-16-42)11-13-23(25)27(24-14-12-22(20-26(24)35)43-17-9-5-6-10-18-43)28-29(34(44)45)30(36)32(38)33(31(28)37)40-41-39/h11-14,19-20H,3-10,15-18H2,1-2H3/p+1. The van der Waals surface area contributed by atoms with Gasteiger partial charge in [0.05, 0.1) is 0 Å². The number of allylic oxidation sites excluding steroid dienone is 5. The van der Waals surface area contributed by atoms with Gasteiger partial charge in [0.15, 0.2) is 17.3 Å². The molecule has 0 saturated carbocycles. The molecule has 0 bridgehead atoms. The van der Waals surface area contributed by atoms with E-state index >= 15 is 8.78 Å². The molecule has 2 aromatic rings. The number of rotatable bonds is 4. The van der Waals surface area contributed by atoms with E-state index in [4.69, 9.17) is 5.53 Å². The lowest BCUT2D eigenvalue weighted by atomic mass is 9.64. The van der Waals surface area contributed by atoms with Crippen LogP contribution >= 0.6 is 0 Å². The lowest BCUT2D eigenvalue weighted by Crippen LogP contribution is -2.32. The molecule has 45 heavy (non-hydrogen) atoms. The number of fused-ring (bicyclic) bond motifs is 2. The fourth-order valence-corrected chi connectivity index (χ4v) is 7.36. The summed E-state index contributed by atoms with van der Waals surface area (Å²) in [6.07, 6.45) is 14.8. The molecule has 0 atom stereocenters. The smallest absolute Gasteiger partial charge is 0.339 e. The topological polar surface area (TPSA) is 92.3 Å². The van der Waals surface area contributed by atoms with Crippen LogP contribution in [-0.4, -0.2) is 47.5 Å². The van der Waals surface area contributed by atoms with E-state index in [0.29, 0.717) is 11.1 Å². The zero-order chi connectivity index (χ0) is 31.9. The summed E-state index contributed by atoms with van der Waals surface area (Å²) in [6.45, 7) is 7.80. The van der Waals surface area contributed by atoms with Crippen molar-refractivity contribution in [3.63, 3.8) is 0 Å². The van der Waals surface area contributed by atoms with Gasteiger partial charge in [0, 0.05) is 65.2 Å². The van der Waals surface area contributed by atoms with Gasteiger partial charge in [-0.2, -0.15) is 0 Å². The largest absolute Gasteiger partial charge is 0.478 e. The molecule has 0 radical (unpaired) electrons. The number of carbonyl (C=O) groups is 1. The Bertz CT molecular complexity index is 1750. The van der Waals surface area contributed by atoms with Crippen LogP contribution in [0.5, 0.6) is 0 Å². The van der Waals surface area contributed by atoms with Crippen LogP contribution in [-0.2, 0) is 5.41 Å². The number of anilines is 1. The molecule has 2 aliphatic heterocycles. The van der Waals surface area contributed by atoms with Crippen molar-refractivity contribution in [2.75, 3.05) is 31.1 Å². The van der Waals surface area contributed by atoms with E-state index in [1.165, 1.54) is 25.7 Å². The summed E-state index contributed by atoms with van der Waals surface area (Å²) >= 11 is 0. The first-order valence-electron chi connectivity index (χ1n) is 15.8. The molecule has 0 aromatic heterocycles. The van der Waals surface area contributed by atoms with Crippen molar-refractivity contribution in [3.05, 3.63) is 97.7 Å². The van der Waals surface area contributed by atoms with Crippen LogP contribution in [0.15, 0.2) is 52.7 Å². The molecule has 234 valence electrons. The van der Waals surface area contributed by atoms with E-state index in [1.807, 2.05) is 24.3 Å². The molecule has 0 amide bonds. The normalized spacial score (nSPS) is 19.7. The van der Waals surface area contributed by atoms with Gasteiger partial charge in [0.1, 0.15) is 30.2 Å². The van der Waals surface area contributed by atoms with Gasteiger partial charge in [0.2, 0.25) is 0 Å². The Morgan fingerprint density at radius 2 is 1.62 bits per heavy atom. The van der Waals surface area contributed by atoms with E-state index in [0.717, 1.165) is 74.4 Å². The van der Waals surface area contributed by atoms with Crippen LogP contribution in [0.3, 0.4) is 0 Å². The van der Waals surface area contributed by atoms with Crippen LogP contribution in [0.2, 0.25) is 0 Å². The molecule has 2 heterocycles. The minimum Gasteiger partial charge on any atom is -0.478 e. The zero-order valence-corrected chi connectivity index (χ0v) is 25.7. The molecule has 2 aromatic carbocycles. The van der Waals surface area contributed by atoms with E-state index < -0.39 is 45.7 Å². The summed E-state index contributed by atoms with van der Waals surface area (Å²) in [7, 11) is 0. The Labute approximate surface area is 260 Å². The quantitative estimate of drug-likeness (QED) is 0.122. The molecule has 10 heteroatoms. The summed E-state index contributed by atoms with van der Waals surface area (Å²) in [6, 6.07) is 5.84. The number of azide groups is 1. The van der Waals surface area contributed by atoms with E-state index in [1.54, 1.807) is 0 Å². The van der Waals surface area contributed by atoms with Crippen LogP contribution in [0.1, 0.15) is 92.3 Å². The molecule has 6 rings (SSSR count). The van der Waals surface area contributed by atoms with E-state index in [-0.39, 0.29) is 5.57 Å². The first-order valence-corrected chi connectivity index (χ1v) is 15.8. The number of hydrogen-bond acceptors (Lipinski definition) is 3. The fraction of sp³-hybridized carbons (Fsp3) is 0.429. The fourth-order valence-electron chi connectivity index (χ4n) is 7.36. The molecule has 0 spiro atoms. The van der Waals surface area contributed by atoms with Gasteiger partial charge in [-0.15, -0.1) is 0 Å². The summed E-state index contributed by atoms with van der Waals surface area (Å²) < 4.78 is 49.1. The van der Waals surface area contributed by atoms with Crippen molar-refractivity contribution < 1.29 is 27.6 Å². The molecule has 1 N–H and O–H groups in total. The maximum atomic E-state index is 16.3. The minimum absolute atomic E-state index is 0.132. The zero-order valence-electron chi connectivity index (χ0n) is 25.7. The predicted octanol–water partition coefficient (Wildman–Crippen LogP) is 8.74. The average molecular weight is 617 g/mol. The third kappa shape index (κ3) is 5.35. The lowest BCUT2D eigenvalue weighted by molar-refractivity contribution is -0.524. The number of benzene rings is 2. The number of hydrogen-bond donors (Lipinski definition) is 1. The monoisotopic (exact) mass is 616 g/mol. The van der Waals surface area contributed by atoms with Crippen molar-refractivity contribution in [2.24, 2.45) is 5.11 Å². The number of carboxylic acid groups (broad SMARTS) is 1. The molecule has 4 aliphatic rings. The highest BCUT2D eigenvalue weighted by Crippen LogP contribution is 2.52. The Kier molecular flexibility index (Phi) is 8.35. The van der Waals surface area contributed by atoms with Gasteiger partial charge >= 0.3 is 5.97 Å². The highest BCUT2D eigenvalue weighted by Gasteiger charge is 2.42. The van der Waals surface area contributed by atoms with Gasteiger partial charge in [-0.3, -0.25) is 0 Å². The molecular weight excluding hydrogens is 579 g/mol. The van der Waals surface area contributed by atoms with E-state index in [2.05, 4.69) is 45.5 Å². The van der Waals surface area contributed by atoms with Crippen LogP contribution in [0.4, 0.5) is 24.5 Å². The van der Waals surface area contributed by atoms with Crippen molar-refractivity contribution in [2.45, 2.75) is 70.6 Å². The average Bonchev–Trinajstić information content (AvgIpc) is 3.48. The van der Waals surface area contributed by atoms with Gasteiger partial charge in [0.25, 0.3) is 0 Å². The molecule has 7 nitrogen and oxygen atoms in total. The van der Waals surface area contributed by atoms with Crippen LogP contribution in [0, 0.1) is 17.5 Å². The Morgan fingerprint density at radius 1 is 0.956 bits per heavy atom. The molecule has 2 fully saturated rings. The third-order valence-electron chi connectivity index (χ3n) is 9.74. The van der Waals surface area contributed by atoms with Crippen LogP contribution < -0.4 is 4.90 Å². The molecule has 0 unspecified atom stereocenters. The number of aromatic carboxylic acids is 1. The molecular formula is C35H37F3N5O2+. The maximum absolute atomic E-state index is 16.3. The van der Waals surface area contributed by atoms with E-state index in [9.17, 15) is 14.3 Å².